The second-order valence-corrected chi connectivity index (χ2v) is 9.01. The van der Waals surface area contributed by atoms with Gasteiger partial charge in [-0.25, -0.2) is 8.42 Å². The van der Waals surface area contributed by atoms with E-state index in [0.29, 0.717) is 37.0 Å². The van der Waals surface area contributed by atoms with E-state index >= 15 is 0 Å². The molecule has 0 aromatic heterocycles. The fraction of sp³-hybridized carbons (Fsp3) is 0.611. The SMILES string of the molecule is CC(C)c1ccc(S(=O)(=O)N2CCN([C@H](C)C(=O)N(C)C)CC2)cc1. The number of hydrogen-bond acceptors (Lipinski definition) is 4. The van der Waals surface area contributed by atoms with Crippen molar-refractivity contribution in [3.05, 3.63) is 29.8 Å². The lowest BCUT2D eigenvalue weighted by molar-refractivity contribution is -0.134. The molecule has 0 saturated carbocycles. The van der Waals surface area contributed by atoms with Crippen LogP contribution in [0.5, 0.6) is 0 Å². The Bertz CT molecular complexity index is 691. The van der Waals surface area contributed by atoms with Crippen molar-refractivity contribution in [2.24, 2.45) is 0 Å². The van der Waals surface area contributed by atoms with Gasteiger partial charge in [-0.2, -0.15) is 4.31 Å². The Labute approximate surface area is 151 Å². The molecule has 0 unspecified atom stereocenters. The molecule has 140 valence electrons. The quantitative estimate of drug-likeness (QED) is 0.793. The van der Waals surface area contributed by atoms with Crippen molar-refractivity contribution in [3.63, 3.8) is 0 Å². The van der Waals surface area contributed by atoms with E-state index in [-0.39, 0.29) is 11.9 Å². The molecule has 1 fully saturated rings. The summed E-state index contributed by atoms with van der Waals surface area (Å²) in [6.45, 7) is 7.96. The topological polar surface area (TPSA) is 60.9 Å². The van der Waals surface area contributed by atoms with E-state index < -0.39 is 10.0 Å². The summed E-state index contributed by atoms with van der Waals surface area (Å²) >= 11 is 0. The van der Waals surface area contributed by atoms with E-state index in [2.05, 4.69) is 13.8 Å². The minimum Gasteiger partial charge on any atom is -0.347 e. The maximum absolute atomic E-state index is 12.8. The van der Waals surface area contributed by atoms with Crippen molar-refractivity contribution in [1.82, 2.24) is 14.1 Å². The van der Waals surface area contributed by atoms with Gasteiger partial charge in [-0.1, -0.05) is 26.0 Å². The molecule has 0 bridgehead atoms. The Morgan fingerprint density at radius 1 is 1.00 bits per heavy atom. The first-order chi connectivity index (χ1) is 11.6. The van der Waals surface area contributed by atoms with Gasteiger partial charge in [0.05, 0.1) is 10.9 Å². The Morgan fingerprint density at radius 3 is 1.96 bits per heavy atom. The summed E-state index contributed by atoms with van der Waals surface area (Å²) < 4.78 is 27.2. The van der Waals surface area contributed by atoms with E-state index in [1.165, 1.54) is 4.31 Å². The molecule has 1 aliphatic rings. The highest BCUT2D eigenvalue weighted by molar-refractivity contribution is 7.89. The van der Waals surface area contributed by atoms with Gasteiger partial charge in [0.2, 0.25) is 15.9 Å². The molecule has 1 aromatic rings. The van der Waals surface area contributed by atoms with Crippen LogP contribution < -0.4 is 0 Å². The summed E-state index contributed by atoms with van der Waals surface area (Å²) in [5.74, 6) is 0.414. The lowest BCUT2D eigenvalue weighted by Crippen LogP contribution is -2.54. The number of hydrogen-bond donors (Lipinski definition) is 0. The molecule has 1 aromatic carbocycles. The van der Waals surface area contributed by atoms with Gasteiger partial charge in [0, 0.05) is 40.3 Å². The normalized spacial score (nSPS) is 18.3. The minimum atomic E-state index is -3.48. The van der Waals surface area contributed by atoms with Gasteiger partial charge in [-0.05, 0) is 30.5 Å². The number of sulfonamides is 1. The Morgan fingerprint density at radius 2 is 1.52 bits per heavy atom. The second kappa shape index (κ2) is 7.85. The van der Waals surface area contributed by atoms with Gasteiger partial charge in [0.25, 0.3) is 0 Å². The zero-order valence-electron chi connectivity index (χ0n) is 15.8. The maximum atomic E-state index is 12.8. The molecule has 0 aliphatic carbocycles. The predicted octanol–water partition coefficient (Wildman–Crippen LogP) is 1.59. The molecule has 25 heavy (non-hydrogen) atoms. The fourth-order valence-electron chi connectivity index (χ4n) is 3.03. The number of piperazine rings is 1. The van der Waals surface area contributed by atoms with Crippen LogP contribution in [0.4, 0.5) is 0 Å². The van der Waals surface area contributed by atoms with Gasteiger partial charge in [-0.15, -0.1) is 0 Å². The van der Waals surface area contributed by atoms with Crippen LogP contribution in [0.1, 0.15) is 32.3 Å². The van der Waals surface area contributed by atoms with Crippen molar-refractivity contribution in [2.45, 2.75) is 37.6 Å². The van der Waals surface area contributed by atoms with Crippen LogP contribution in [0.25, 0.3) is 0 Å². The number of rotatable bonds is 5. The summed E-state index contributed by atoms with van der Waals surface area (Å²) in [7, 11) is -0.00594. The first-order valence-electron chi connectivity index (χ1n) is 8.70. The Kier molecular flexibility index (Phi) is 6.24. The first kappa shape index (κ1) is 19.9. The lowest BCUT2D eigenvalue weighted by atomic mass is 10.0. The van der Waals surface area contributed by atoms with E-state index in [1.54, 1.807) is 31.1 Å². The van der Waals surface area contributed by atoms with Gasteiger partial charge < -0.3 is 4.90 Å². The van der Waals surface area contributed by atoms with Crippen LogP contribution in [0.2, 0.25) is 0 Å². The van der Waals surface area contributed by atoms with Gasteiger partial charge >= 0.3 is 0 Å². The average Bonchev–Trinajstić information content (AvgIpc) is 2.60. The molecule has 1 saturated heterocycles. The minimum absolute atomic E-state index is 0.0422. The molecule has 1 aliphatic heterocycles. The number of likely N-dealkylation sites (N-methyl/N-ethyl adjacent to an activating group) is 1. The van der Waals surface area contributed by atoms with Crippen LogP contribution in [0, 0.1) is 0 Å². The molecule has 1 amide bonds. The van der Waals surface area contributed by atoms with E-state index in [9.17, 15) is 13.2 Å². The summed E-state index contributed by atoms with van der Waals surface area (Å²) in [5, 5.41) is 0. The smallest absolute Gasteiger partial charge is 0.243 e. The third-order valence-electron chi connectivity index (χ3n) is 4.80. The second-order valence-electron chi connectivity index (χ2n) is 7.07. The fourth-order valence-corrected chi connectivity index (χ4v) is 4.46. The molecule has 7 heteroatoms. The highest BCUT2D eigenvalue weighted by Crippen LogP contribution is 2.21. The maximum Gasteiger partial charge on any atom is 0.243 e. The van der Waals surface area contributed by atoms with Crippen molar-refractivity contribution < 1.29 is 13.2 Å². The zero-order chi connectivity index (χ0) is 18.8. The molecule has 2 rings (SSSR count). The third-order valence-corrected chi connectivity index (χ3v) is 6.72. The predicted molar refractivity (Wildman–Crippen MR) is 99.0 cm³/mol. The number of carbonyl (C=O) groups excluding carboxylic acids is 1. The van der Waals surface area contributed by atoms with Crippen LogP contribution >= 0.6 is 0 Å². The van der Waals surface area contributed by atoms with Crippen molar-refractivity contribution in [3.8, 4) is 0 Å². The summed E-state index contributed by atoms with van der Waals surface area (Å²) in [5.41, 5.74) is 1.12. The number of amides is 1. The highest BCUT2D eigenvalue weighted by atomic mass is 32.2. The Hall–Kier alpha value is -1.44. The zero-order valence-corrected chi connectivity index (χ0v) is 16.6. The summed E-state index contributed by atoms with van der Waals surface area (Å²) in [6.07, 6.45) is 0. The van der Waals surface area contributed by atoms with Crippen molar-refractivity contribution in [2.75, 3.05) is 40.3 Å². The first-order valence-corrected chi connectivity index (χ1v) is 10.1. The van der Waals surface area contributed by atoms with Gasteiger partial charge in [0.15, 0.2) is 0 Å². The van der Waals surface area contributed by atoms with Gasteiger partial charge in [0.1, 0.15) is 0 Å². The van der Waals surface area contributed by atoms with Crippen LogP contribution in [-0.2, 0) is 14.8 Å². The molecule has 0 N–H and O–H groups in total. The van der Waals surface area contributed by atoms with E-state index in [1.807, 2.05) is 24.0 Å². The van der Waals surface area contributed by atoms with Gasteiger partial charge in [-0.3, -0.25) is 9.69 Å². The Balaban J connectivity index is 2.05. The molecule has 1 atom stereocenters. The highest BCUT2D eigenvalue weighted by Gasteiger charge is 2.32. The van der Waals surface area contributed by atoms with Crippen LogP contribution in [-0.4, -0.2) is 74.7 Å². The van der Waals surface area contributed by atoms with Crippen molar-refractivity contribution in [1.29, 1.82) is 0 Å². The molecule has 6 nitrogen and oxygen atoms in total. The average molecular weight is 368 g/mol. The van der Waals surface area contributed by atoms with Crippen LogP contribution in [0.3, 0.4) is 0 Å². The van der Waals surface area contributed by atoms with Crippen molar-refractivity contribution >= 4 is 15.9 Å². The van der Waals surface area contributed by atoms with E-state index in [4.69, 9.17) is 0 Å². The molecular formula is C18H29N3O3S. The number of nitrogens with zero attached hydrogens (tertiary/aromatic N) is 3. The molecular weight excluding hydrogens is 338 g/mol. The lowest BCUT2D eigenvalue weighted by Gasteiger charge is -2.37. The van der Waals surface area contributed by atoms with Crippen LogP contribution in [0.15, 0.2) is 29.2 Å². The summed E-state index contributed by atoms with van der Waals surface area (Å²) in [6, 6.07) is 6.91. The van der Waals surface area contributed by atoms with E-state index in [0.717, 1.165) is 5.56 Å². The number of carbonyl (C=O) groups is 1. The molecule has 0 spiro atoms. The monoisotopic (exact) mass is 367 g/mol. The number of benzene rings is 1. The molecule has 0 radical (unpaired) electrons. The standard InChI is InChI=1S/C18H29N3O3S/c1-14(2)16-6-8-17(9-7-16)25(23,24)21-12-10-20(11-13-21)15(3)18(22)19(4)5/h6-9,14-15H,10-13H2,1-5H3/t15-/m1/s1. The molecule has 1 heterocycles. The largest absolute Gasteiger partial charge is 0.347 e. The summed E-state index contributed by atoms with van der Waals surface area (Å²) in [4.78, 5) is 16.0. The third kappa shape index (κ3) is 4.40.